The molecule has 1 aromatic rings. The van der Waals surface area contributed by atoms with Crippen LogP contribution in [-0.4, -0.2) is 0 Å². The van der Waals surface area contributed by atoms with Gasteiger partial charge in [0.2, 0.25) is 0 Å². The number of hydrogen-bond donors (Lipinski definition) is 1. The zero-order valence-electron chi connectivity index (χ0n) is 6.89. The minimum absolute atomic E-state index is 0.636. The summed E-state index contributed by atoms with van der Waals surface area (Å²) < 4.78 is 0. The average Bonchev–Trinajstić information content (AvgIpc) is 2.09. The van der Waals surface area contributed by atoms with Crippen molar-refractivity contribution in [3.05, 3.63) is 28.8 Å². The Labute approximate surface area is 72.6 Å². The molecule has 0 radical (unpaired) electrons. The largest absolute Gasteiger partial charge is 0.398 e. The number of aryl methyl sites for hydroxylation is 1. The van der Waals surface area contributed by atoms with Gasteiger partial charge in [0.25, 0.3) is 0 Å². The summed E-state index contributed by atoms with van der Waals surface area (Å²) in [6.07, 6.45) is 10.5. The molecule has 0 aromatic heterocycles. The minimum atomic E-state index is 0.636. The van der Waals surface area contributed by atoms with Crippen LogP contribution in [0.2, 0.25) is 0 Å². The lowest BCUT2D eigenvalue weighted by molar-refractivity contribution is 1.44. The van der Waals surface area contributed by atoms with E-state index in [0.717, 1.165) is 11.1 Å². The third-order valence-corrected chi connectivity index (χ3v) is 1.71. The van der Waals surface area contributed by atoms with Crippen molar-refractivity contribution in [1.29, 1.82) is 0 Å². The van der Waals surface area contributed by atoms with E-state index < -0.39 is 0 Å². The molecule has 1 heteroatoms. The summed E-state index contributed by atoms with van der Waals surface area (Å²) in [4.78, 5) is 0. The molecule has 0 amide bonds. The molecule has 12 heavy (non-hydrogen) atoms. The van der Waals surface area contributed by atoms with Gasteiger partial charge in [0, 0.05) is 11.1 Å². The van der Waals surface area contributed by atoms with E-state index in [-0.39, 0.29) is 0 Å². The fourth-order valence-electron chi connectivity index (χ4n) is 1.00. The summed E-state index contributed by atoms with van der Waals surface area (Å²) in [6, 6.07) is 3.58. The van der Waals surface area contributed by atoms with E-state index in [4.69, 9.17) is 18.6 Å². The summed E-state index contributed by atoms with van der Waals surface area (Å²) in [6.45, 7) is 1.89. The van der Waals surface area contributed by atoms with Crippen molar-refractivity contribution >= 4 is 5.69 Å². The molecule has 0 unspecified atom stereocenters. The highest BCUT2D eigenvalue weighted by Gasteiger charge is 2.00. The SMILES string of the molecule is C#Cc1cc(C)c(N)c(C#C)c1. The lowest BCUT2D eigenvalue weighted by Crippen LogP contribution is -1.95. The molecule has 1 nitrogen and oxygen atoms in total. The molecule has 0 fully saturated rings. The van der Waals surface area contributed by atoms with Crippen molar-refractivity contribution in [2.45, 2.75) is 6.92 Å². The molecule has 0 aliphatic rings. The number of benzene rings is 1. The van der Waals surface area contributed by atoms with Gasteiger partial charge >= 0.3 is 0 Å². The van der Waals surface area contributed by atoms with Crippen LogP contribution in [0.3, 0.4) is 0 Å². The van der Waals surface area contributed by atoms with E-state index in [2.05, 4.69) is 11.8 Å². The Bertz CT molecular complexity index is 389. The van der Waals surface area contributed by atoms with Crippen LogP contribution < -0.4 is 5.73 Å². The van der Waals surface area contributed by atoms with Crippen molar-refractivity contribution in [2.75, 3.05) is 5.73 Å². The smallest absolute Gasteiger partial charge is 0.0503 e. The number of anilines is 1. The van der Waals surface area contributed by atoms with Gasteiger partial charge in [0.15, 0.2) is 0 Å². The molecule has 1 rings (SSSR count). The Hall–Kier alpha value is -1.86. The second-order valence-electron chi connectivity index (χ2n) is 2.54. The van der Waals surface area contributed by atoms with Gasteiger partial charge in [-0.05, 0) is 24.6 Å². The summed E-state index contributed by atoms with van der Waals surface area (Å²) in [7, 11) is 0. The highest BCUT2D eigenvalue weighted by molar-refractivity contribution is 5.63. The molecule has 1 aromatic carbocycles. The first-order valence-electron chi connectivity index (χ1n) is 3.52. The molecule has 0 saturated heterocycles. The van der Waals surface area contributed by atoms with Gasteiger partial charge in [-0.2, -0.15) is 0 Å². The van der Waals surface area contributed by atoms with E-state index >= 15 is 0 Å². The second kappa shape index (κ2) is 3.03. The zero-order valence-corrected chi connectivity index (χ0v) is 6.89. The van der Waals surface area contributed by atoms with Crippen LogP contribution in [-0.2, 0) is 0 Å². The van der Waals surface area contributed by atoms with Crippen LogP contribution in [0.25, 0.3) is 0 Å². The molecule has 58 valence electrons. The molecule has 2 N–H and O–H groups in total. The first kappa shape index (κ1) is 8.24. The van der Waals surface area contributed by atoms with Gasteiger partial charge in [-0.25, -0.2) is 0 Å². The molecule has 0 bridgehead atoms. The third-order valence-electron chi connectivity index (χ3n) is 1.71. The van der Waals surface area contributed by atoms with Gasteiger partial charge in [-0.15, -0.1) is 12.8 Å². The molecule has 0 aliphatic carbocycles. The predicted octanol–water partition coefficient (Wildman–Crippen LogP) is 1.54. The lowest BCUT2D eigenvalue weighted by Gasteiger charge is -2.03. The Morgan fingerprint density at radius 2 is 1.92 bits per heavy atom. The molecular formula is C11H9N. The van der Waals surface area contributed by atoms with Gasteiger partial charge in [0.1, 0.15) is 0 Å². The van der Waals surface area contributed by atoms with Gasteiger partial charge < -0.3 is 5.73 Å². The summed E-state index contributed by atoms with van der Waals surface area (Å²) in [5.74, 6) is 5.01. The van der Waals surface area contributed by atoms with Crippen molar-refractivity contribution in [3.8, 4) is 24.7 Å². The van der Waals surface area contributed by atoms with E-state index in [1.165, 1.54) is 0 Å². The molecule has 0 heterocycles. The Morgan fingerprint density at radius 3 is 2.42 bits per heavy atom. The number of hydrogen-bond acceptors (Lipinski definition) is 1. The lowest BCUT2D eigenvalue weighted by atomic mass is 10.0. The van der Waals surface area contributed by atoms with Crippen molar-refractivity contribution < 1.29 is 0 Å². The molecular weight excluding hydrogens is 146 g/mol. The van der Waals surface area contributed by atoms with Crippen LogP contribution in [0.15, 0.2) is 12.1 Å². The van der Waals surface area contributed by atoms with E-state index in [9.17, 15) is 0 Å². The van der Waals surface area contributed by atoms with E-state index in [1.54, 1.807) is 6.07 Å². The van der Waals surface area contributed by atoms with Crippen LogP contribution in [0.4, 0.5) is 5.69 Å². The maximum Gasteiger partial charge on any atom is 0.0503 e. The number of nitrogens with two attached hydrogens (primary N) is 1. The molecule has 0 aliphatic heterocycles. The van der Waals surface area contributed by atoms with Crippen molar-refractivity contribution in [2.24, 2.45) is 0 Å². The third kappa shape index (κ3) is 1.26. The summed E-state index contributed by atoms with van der Waals surface area (Å²) in [5, 5.41) is 0. The van der Waals surface area contributed by atoms with Crippen molar-refractivity contribution in [3.63, 3.8) is 0 Å². The zero-order chi connectivity index (χ0) is 9.14. The van der Waals surface area contributed by atoms with E-state index in [1.807, 2.05) is 13.0 Å². The second-order valence-corrected chi connectivity index (χ2v) is 2.54. The van der Waals surface area contributed by atoms with Crippen LogP contribution in [0, 0.1) is 31.6 Å². The number of terminal acetylenes is 2. The van der Waals surface area contributed by atoms with Crippen LogP contribution in [0.1, 0.15) is 16.7 Å². The standard InChI is InChI=1S/C11H9N/c1-4-9-6-8(3)11(12)10(5-2)7-9/h1-2,6-7H,12H2,3H3. The summed E-state index contributed by atoms with van der Waals surface area (Å²) in [5.41, 5.74) is 8.71. The highest BCUT2D eigenvalue weighted by Crippen LogP contribution is 2.17. The quantitative estimate of drug-likeness (QED) is 0.446. The topological polar surface area (TPSA) is 26.0 Å². The Morgan fingerprint density at radius 1 is 1.25 bits per heavy atom. The van der Waals surface area contributed by atoms with Crippen molar-refractivity contribution in [1.82, 2.24) is 0 Å². The summed E-state index contributed by atoms with van der Waals surface area (Å²) >= 11 is 0. The van der Waals surface area contributed by atoms with Crippen LogP contribution in [0.5, 0.6) is 0 Å². The molecule has 0 atom stereocenters. The van der Waals surface area contributed by atoms with Crippen LogP contribution >= 0.6 is 0 Å². The Balaban J connectivity index is 3.44. The van der Waals surface area contributed by atoms with Gasteiger partial charge in [0.05, 0.1) is 5.69 Å². The average molecular weight is 155 g/mol. The first-order valence-corrected chi connectivity index (χ1v) is 3.52. The highest BCUT2D eigenvalue weighted by atomic mass is 14.6. The fourth-order valence-corrected chi connectivity index (χ4v) is 1.00. The predicted molar refractivity (Wildman–Crippen MR) is 51.5 cm³/mol. The van der Waals surface area contributed by atoms with E-state index in [0.29, 0.717) is 11.3 Å². The monoisotopic (exact) mass is 155 g/mol. The number of rotatable bonds is 0. The number of nitrogen functional groups attached to an aromatic ring is 1. The van der Waals surface area contributed by atoms with Gasteiger partial charge in [-0.1, -0.05) is 11.8 Å². The molecule has 0 spiro atoms. The molecule has 0 saturated carbocycles. The normalized spacial score (nSPS) is 8.58. The Kier molecular flexibility index (Phi) is 2.08. The fraction of sp³-hybridized carbons (Fsp3) is 0.0909. The first-order chi connectivity index (χ1) is 5.69. The maximum atomic E-state index is 5.71. The van der Waals surface area contributed by atoms with Gasteiger partial charge in [-0.3, -0.25) is 0 Å². The minimum Gasteiger partial charge on any atom is -0.398 e. The maximum absolute atomic E-state index is 5.71.